The minimum atomic E-state index is -0.598. The number of carbonyl (C=O) groups is 3. The topological polar surface area (TPSA) is 72.9 Å². The van der Waals surface area contributed by atoms with Crippen LogP contribution in [0.25, 0.3) is 10.8 Å². The number of carbonyl (C=O) groups excluding carboxylic acids is 3. The fourth-order valence-corrected chi connectivity index (χ4v) is 2.80. The van der Waals surface area contributed by atoms with E-state index in [0.717, 1.165) is 11.0 Å². The van der Waals surface area contributed by atoms with Crippen LogP contribution in [0.3, 0.4) is 0 Å². The minimum Gasteiger partial charge on any atom is -0.496 e. The van der Waals surface area contributed by atoms with E-state index < -0.39 is 17.8 Å². The molecule has 2 amide bonds. The maximum absolute atomic E-state index is 12.7. The first-order valence-electron chi connectivity index (χ1n) is 7.33. The lowest BCUT2D eigenvalue weighted by Crippen LogP contribution is -2.42. The van der Waals surface area contributed by atoms with E-state index in [1.165, 1.54) is 7.11 Å². The summed E-state index contributed by atoms with van der Waals surface area (Å²) >= 11 is 0. The fraction of sp³-hybridized carbons (Fsp3) is 0.167. The van der Waals surface area contributed by atoms with E-state index in [2.05, 4.69) is 6.58 Å². The number of esters is 1. The molecule has 2 aromatic carbocycles. The van der Waals surface area contributed by atoms with Crippen molar-refractivity contribution in [1.29, 1.82) is 0 Å². The van der Waals surface area contributed by atoms with Crippen LogP contribution in [0.1, 0.15) is 20.7 Å². The van der Waals surface area contributed by atoms with Gasteiger partial charge < -0.3 is 9.47 Å². The van der Waals surface area contributed by atoms with Gasteiger partial charge in [-0.3, -0.25) is 14.5 Å². The van der Waals surface area contributed by atoms with E-state index in [0.29, 0.717) is 27.6 Å². The number of imide groups is 1. The highest BCUT2D eigenvalue weighted by Gasteiger charge is 2.33. The van der Waals surface area contributed by atoms with Crippen LogP contribution in [0.15, 0.2) is 43.0 Å². The maximum atomic E-state index is 12.7. The van der Waals surface area contributed by atoms with E-state index in [4.69, 9.17) is 9.47 Å². The van der Waals surface area contributed by atoms with E-state index in [1.807, 2.05) is 6.07 Å². The molecule has 0 unspecified atom stereocenters. The summed E-state index contributed by atoms with van der Waals surface area (Å²) in [5.74, 6) is -0.828. The lowest BCUT2D eigenvalue weighted by Gasteiger charge is -2.27. The Labute approximate surface area is 138 Å². The molecule has 6 nitrogen and oxygen atoms in total. The SMILES string of the molecule is C=CC(=O)OCCN1C(=O)c2cccc3c(OC)ccc(c23)C1=O. The molecule has 3 rings (SSSR count). The molecule has 0 N–H and O–H groups in total. The van der Waals surface area contributed by atoms with Crippen LogP contribution in [0.5, 0.6) is 5.75 Å². The average molecular weight is 325 g/mol. The smallest absolute Gasteiger partial charge is 0.330 e. The van der Waals surface area contributed by atoms with Crippen molar-refractivity contribution in [3.8, 4) is 5.75 Å². The molecule has 0 fully saturated rings. The van der Waals surface area contributed by atoms with Crippen molar-refractivity contribution in [3.05, 3.63) is 54.1 Å². The Morgan fingerprint density at radius 2 is 1.88 bits per heavy atom. The number of hydrogen-bond acceptors (Lipinski definition) is 5. The zero-order valence-corrected chi connectivity index (χ0v) is 13.1. The first-order chi connectivity index (χ1) is 11.6. The summed E-state index contributed by atoms with van der Waals surface area (Å²) in [4.78, 5) is 37.5. The highest BCUT2D eigenvalue weighted by molar-refractivity contribution is 6.26. The summed E-state index contributed by atoms with van der Waals surface area (Å²) in [6, 6.07) is 8.56. The molecule has 2 aromatic rings. The summed E-state index contributed by atoms with van der Waals surface area (Å²) in [5.41, 5.74) is 0.854. The minimum absolute atomic E-state index is 0.0148. The molecule has 0 bridgehead atoms. The van der Waals surface area contributed by atoms with Crippen LogP contribution in [-0.2, 0) is 9.53 Å². The highest BCUT2D eigenvalue weighted by Crippen LogP contribution is 2.35. The zero-order chi connectivity index (χ0) is 17.3. The van der Waals surface area contributed by atoms with Crippen molar-refractivity contribution in [1.82, 2.24) is 4.90 Å². The summed E-state index contributed by atoms with van der Waals surface area (Å²) in [5, 5.41) is 1.30. The third-order valence-corrected chi connectivity index (χ3v) is 3.90. The predicted octanol–water partition coefficient (Wildman–Crippen LogP) is 2.17. The monoisotopic (exact) mass is 325 g/mol. The lowest BCUT2D eigenvalue weighted by molar-refractivity contribution is -0.137. The summed E-state index contributed by atoms with van der Waals surface area (Å²) in [7, 11) is 1.54. The average Bonchev–Trinajstić information content (AvgIpc) is 2.61. The molecule has 6 heteroatoms. The maximum Gasteiger partial charge on any atom is 0.330 e. The normalized spacial score (nSPS) is 13.1. The molecule has 24 heavy (non-hydrogen) atoms. The van der Waals surface area contributed by atoms with Gasteiger partial charge in [0.25, 0.3) is 11.8 Å². The van der Waals surface area contributed by atoms with Gasteiger partial charge in [-0.25, -0.2) is 4.79 Å². The lowest BCUT2D eigenvalue weighted by atomic mass is 9.93. The Morgan fingerprint density at radius 1 is 1.17 bits per heavy atom. The third-order valence-electron chi connectivity index (χ3n) is 3.90. The Bertz CT molecular complexity index is 849. The molecule has 0 saturated carbocycles. The molecule has 0 aliphatic carbocycles. The Morgan fingerprint density at radius 3 is 2.54 bits per heavy atom. The summed E-state index contributed by atoms with van der Waals surface area (Å²) in [6.45, 7) is 3.20. The highest BCUT2D eigenvalue weighted by atomic mass is 16.5. The van der Waals surface area contributed by atoms with Gasteiger partial charge in [0.2, 0.25) is 0 Å². The van der Waals surface area contributed by atoms with Crippen LogP contribution in [-0.4, -0.2) is 42.9 Å². The van der Waals surface area contributed by atoms with Gasteiger partial charge in [0.1, 0.15) is 12.4 Å². The van der Waals surface area contributed by atoms with Crippen LogP contribution in [0.2, 0.25) is 0 Å². The van der Waals surface area contributed by atoms with Crippen LogP contribution < -0.4 is 4.74 Å². The first kappa shape index (κ1) is 15.7. The van der Waals surface area contributed by atoms with Gasteiger partial charge in [0.15, 0.2) is 0 Å². The number of ether oxygens (including phenoxy) is 2. The van der Waals surface area contributed by atoms with Crippen molar-refractivity contribution in [3.63, 3.8) is 0 Å². The van der Waals surface area contributed by atoms with Gasteiger partial charge >= 0.3 is 5.97 Å². The number of nitrogens with zero attached hydrogens (tertiary/aromatic N) is 1. The van der Waals surface area contributed by atoms with E-state index >= 15 is 0 Å². The van der Waals surface area contributed by atoms with E-state index in [1.54, 1.807) is 24.3 Å². The Balaban J connectivity index is 1.99. The third kappa shape index (κ3) is 2.42. The van der Waals surface area contributed by atoms with Crippen molar-refractivity contribution in [2.75, 3.05) is 20.3 Å². The van der Waals surface area contributed by atoms with Crippen LogP contribution >= 0.6 is 0 Å². The van der Waals surface area contributed by atoms with Crippen molar-refractivity contribution in [2.24, 2.45) is 0 Å². The molecule has 1 aliphatic rings. The molecular weight excluding hydrogens is 310 g/mol. The van der Waals surface area contributed by atoms with Crippen LogP contribution in [0, 0.1) is 0 Å². The molecule has 1 heterocycles. The second-order valence-electron chi connectivity index (χ2n) is 5.18. The number of amides is 2. The second-order valence-corrected chi connectivity index (χ2v) is 5.18. The molecule has 0 saturated heterocycles. The Hall–Kier alpha value is -3.15. The number of methoxy groups -OCH3 is 1. The number of benzene rings is 2. The summed E-state index contributed by atoms with van der Waals surface area (Å²) < 4.78 is 10.2. The van der Waals surface area contributed by atoms with E-state index in [9.17, 15) is 14.4 Å². The van der Waals surface area contributed by atoms with Gasteiger partial charge in [0, 0.05) is 28.0 Å². The van der Waals surface area contributed by atoms with Crippen molar-refractivity contribution in [2.45, 2.75) is 0 Å². The van der Waals surface area contributed by atoms with E-state index in [-0.39, 0.29) is 13.2 Å². The van der Waals surface area contributed by atoms with Crippen molar-refractivity contribution < 1.29 is 23.9 Å². The standard InChI is InChI=1S/C18H15NO5/c1-3-15(20)24-10-9-19-17(21)12-6-4-5-11-14(23-2)8-7-13(16(11)12)18(19)22/h3-8H,1,9-10H2,2H3. The quantitative estimate of drug-likeness (QED) is 0.478. The number of rotatable bonds is 5. The second kappa shape index (κ2) is 6.16. The molecule has 1 aliphatic heterocycles. The van der Waals surface area contributed by atoms with Gasteiger partial charge in [-0.15, -0.1) is 0 Å². The molecular formula is C18H15NO5. The molecule has 0 radical (unpaired) electrons. The van der Waals surface area contributed by atoms with Gasteiger partial charge in [-0.05, 0) is 18.2 Å². The molecule has 122 valence electrons. The summed E-state index contributed by atoms with van der Waals surface area (Å²) in [6.07, 6.45) is 1.03. The molecule has 0 aromatic heterocycles. The molecule has 0 atom stereocenters. The van der Waals surface area contributed by atoms with Crippen LogP contribution in [0.4, 0.5) is 0 Å². The largest absolute Gasteiger partial charge is 0.496 e. The number of hydrogen-bond donors (Lipinski definition) is 0. The van der Waals surface area contributed by atoms with Gasteiger partial charge in [-0.1, -0.05) is 18.7 Å². The van der Waals surface area contributed by atoms with Crippen molar-refractivity contribution >= 4 is 28.6 Å². The zero-order valence-electron chi connectivity index (χ0n) is 13.1. The fourth-order valence-electron chi connectivity index (χ4n) is 2.80. The van der Waals surface area contributed by atoms with Gasteiger partial charge in [-0.2, -0.15) is 0 Å². The first-order valence-corrected chi connectivity index (χ1v) is 7.33. The van der Waals surface area contributed by atoms with Gasteiger partial charge in [0.05, 0.1) is 13.7 Å². The predicted molar refractivity (Wildman–Crippen MR) is 87.0 cm³/mol. The molecule has 0 spiro atoms. The Kier molecular flexibility index (Phi) is 4.04.